The molecule has 0 aromatic heterocycles. The van der Waals surface area contributed by atoms with Crippen molar-refractivity contribution in [3.63, 3.8) is 0 Å². The Morgan fingerprint density at radius 1 is 0.633 bits per heavy atom. The summed E-state index contributed by atoms with van der Waals surface area (Å²) in [7, 11) is -0.355. The van der Waals surface area contributed by atoms with Crippen LogP contribution in [0.5, 0.6) is 5.75 Å². The Kier molecular flexibility index (Phi) is 18.2. The molecule has 0 amide bonds. The largest absolute Gasteiger partial charge is 0.688 e. The Morgan fingerprint density at radius 3 is 1.45 bits per heavy atom. The summed E-state index contributed by atoms with van der Waals surface area (Å²) in [6.45, 7) is 22.4. The van der Waals surface area contributed by atoms with E-state index in [1.54, 1.807) is 0 Å². The molecule has 0 aliphatic carbocycles. The number of hydrogen-bond acceptors (Lipinski definition) is 2. The topological polar surface area (TPSA) is 46.7 Å². The SMILES string of the molecule is CC(/C=C(/C)[N-]CCCP(c1ccccc1)c1ccccc1)=Nc1c(C(C)C)cccc1C(C)C.CC(C)c1cccc(C(C)C)c1O.[Zn]. The molecule has 5 heteroatoms. The van der Waals surface area contributed by atoms with Crippen LogP contribution >= 0.6 is 7.92 Å². The predicted molar refractivity (Wildman–Crippen MR) is 214 cm³/mol. The number of benzene rings is 4. The van der Waals surface area contributed by atoms with Crippen molar-refractivity contribution in [2.75, 3.05) is 12.7 Å². The van der Waals surface area contributed by atoms with Gasteiger partial charge in [-0.25, -0.2) is 0 Å². The Labute approximate surface area is 312 Å². The van der Waals surface area contributed by atoms with Gasteiger partial charge >= 0.3 is 0 Å². The zero-order chi connectivity index (χ0) is 35.2. The van der Waals surface area contributed by atoms with Crippen molar-refractivity contribution >= 4 is 29.9 Å². The third-order valence-electron chi connectivity index (χ3n) is 8.43. The van der Waals surface area contributed by atoms with Gasteiger partial charge in [0.05, 0.1) is 5.69 Å². The van der Waals surface area contributed by atoms with E-state index in [1.165, 1.54) is 21.7 Å². The summed E-state index contributed by atoms with van der Waals surface area (Å²) < 4.78 is 0. The van der Waals surface area contributed by atoms with Crippen LogP contribution in [0.1, 0.15) is 122 Å². The average molecular weight is 727 g/mol. The molecule has 0 radical (unpaired) electrons. The summed E-state index contributed by atoms with van der Waals surface area (Å²) in [6, 6.07) is 34.4. The molecule has 0 atom stereocenters. The van der Waals surface area contributed by atoms with E-state index in [0.29, 0.717) is 29.4 Å². The molecule has 0 spiro atoms. The van der Waals surface area contributed by atoms with Gasteiger partial charge in [-0.3, -0.25) is 4.99 Å². The van der Waals surface area contributed by atoms with Gasteiger partial charge in [-0.15, -0.1) is 6.54 Å². The average Bonchev–Trinajstić information content (AvgIpc) is 3.05. The second kappa shape index (κ2) is 21.2. The van der Waals surface area contributed by atoms with E-state index in [9.17, 15) is 5.11 Å². The van der Waals surface area contributed by atoms with E-state index < -0.39 is 0 Å². The first-order valence-electron chi connectivity index (χ1n) is 17.6. The van der Waals surface area contributed by atoms with Gasteiger partial charge in [-0.2, -0.15) is 5.70 Å². The standard InChI is InChI=1S/C32H40N2P.C12H18O.Zn/c1-24(2)30-19-13-20-31(25(3)4)32(30)34-27(6)23-26(5)33-21-14-22-35(28-15-9-7-10-16-28)29-17-11-8-12-18-29;1-8(2)10-6-5-7-11(9(3)4)12(10)13;/h7-13,15-20,23-25H,14,21-22H2,1-6H3;5-9,13H,1-4H3;/q-1;;/b26-23-,34-27?;;. The Hall–Kier alpha value is -3.06. The van der Waals surface area contributed by atoms with Crippen molar-refractivity contribution in [3.05, 3.63) is 136 Å². The Morgan fingerprint density at radius 2 is 1.04 bits per heavy atom. The fourth-order valence-electron chi connectivity index (χ4n) is 5.82. The van der Waals surface area contributed by atoms with Crippen LogP contribution in [0, 0.1) is 0 Å². The van der Waals surface area contributed by atoms with Crippen LogP contribution in [0.2, 0.25) is 0 Å². The van der Waals surface area contributed by atoms with E-state index >= 15 is 0 Å². The maximum absolute atomic E-state index is 9.93. The van der Waals surface area contributed by atoms with E-state index in [-0.39, 0.29) is 27.4 Å². The maximum Gasteiger partial charge on any atom is 0.122 e. The van der Waals surface area contributed by atoms with Crippen molar-refractivity contribution in [2.24, 2.45) is 4.99 Å². The fraction of sp³-hybridized carbons (Fsp3) is 0.386. The molecule has 0 bridgehead atoms. The first-order chi connectivity index (χ1) is 22.9. The van der Waals surface area contributed by atoms with Crippen LogP contribution < -0.4 is 10.6 Å². The summed E-state index contributed by atoms with van der Waals surface area (Å²) in [4.78, 5) is 5.06. The first kappa shape index (κ1) is 42.1. The fourth-order valence-corrected chi connectivity index (χ4v) is 8.15. The molecule has 1 N–H and O–H groups in total. The van der Waals surface area contributed by atoms with Gasteiger partial charge in [0.2, 0.25) is 0 Å². The van der Waals surface area contributed by atoms with E-state index in [2.05, 4.69) is 154 Å². The van der Waals surface area contributed by atoms with Crippen LogP contribution in [0.25, 0.3) is 5.32 Å². The minimum absolute atomic E-state index is 0. The molecule has 0 aliphatic heterocycles. The quantitative estimate of drug-likeness (QED) is 0.0634. The molecule has 4 rings (SSSR count). The van der Waals surface area contributed by atoms with E-state index in [4.69, 9.17) is 10.3 Å². The number of rotatable bonds is 13. The van der Waals surface area contributed by atoms with E-state index in [0.717, 1.165) is 47.4 Å². The summed E-state index contributed by atoms with van der Waals surface area (Å²) in [5, 5.41) is 17.7. The van der Waals surface area contributed by atoms with Gasteiger partial charge in [0.25, 0.3) is 0 Å². The first-order valence-corrected chi connectivity index (χ1v) is 19.2. The molecular weight excluding hydrogens is 669 g/mol. The van der Waals surface area contributed by atoms with Gasteiger partial charge in [-0.1, -0.05) is 172 Å². The second-order valence-corrected chi connectivity index (χ2v) is 16.1. The second-order valence-electron chi connectivity index (χ2n) is 13.8. The van der Waals surface area contributed by atoms with Crippen molar-refractivity contribution in [3.8, 4) is 5.75 Å². The number of phenols is 1. The third-order valence-corrected chi connectivity index (χ3v) is 11.0. The number of aromatic hydroxyl groups is 1. The molecule has 4 aromatic rings. The maximum atomic E-state index is 9.93. The van der Waals surface area contributed by atoms with Gasteiger partial charge in [0.1, 0.15) is 5.75 Å². The van der Waals surface area contributed by atoms with Gasteiger partial charge in [-0.05, 0) is 77.5 Å². The van der Waals surface area contributed by atoms with Crippen LogP contribution in [0.3, 0.4) is 0 Å². The minimum Gasteiger partial charge on any atom is -0.688 e. The molecule has 3 nitrogen and oxygen atoms in total. The molecular formula is C44H58N2OPZn-. The third kappa shape index (κ3) is 13.0. The van der Waals surface area contributed by atoms with Crippen molar-refractivity contribution < 1.29 is 24.6 Å². The number of aliphatic imine (C=N–C) groups is 1. The molecule has 0 saturated heterocycles. The molecule has 258 valence electrons. The number of phenolic OH excluding ortho intramolecular Hbond substituents is 1. The summed E-state index contributed by atoms with van der Waals surface area (Å²) in [5.41, 5.74) is 7.91. The number of nitrogens with zero attached hydrogens (tertiary/aromatic N) is 2. The monoisotopic (exact) mass is 725 g/mol. The molecule has 0 aliphatic rings. The summed E-state index contributed by atoms with van der Waals surface area (Å²) >= 11 is 0. The number of para-hydroxylation sites is 2. The van der Waals surface area contributed by atoms with Crippen LogP contribution in [0.4, 0.5) is 5.69 Å². The van der Waals surface area contributed by atoms with Gasteiger partial charge < -0.3 is 10.4 Å². The van der Waals surface area contributed by atoms with Crippen LogP contribution in [-0.2, 0) is 19.5 Å². The molecule has 4 aromatic carbocycles. The molecule has 49 heavy (non-hydrogen) atoms. The number of hydrogen-bond donors (Lipinski definition) is 1. The Balaban J connectivity index is 0.000000501. The van der Waals surface area contributed by atoms with Crippen molar-refractivity contribution in [1.29, 1.82) is 0 Å². The van der Waals surface area contributed by atoms with Crippen LogP contribution in [0.15, 0.2) is 114 Å². The number of allylic oxidation sites excluding steroid dienone is 2. The molecule has 0 saturated carbocycles. The molecule has 0 heterocycles. The summed E-state index contributed by atoms with van der Waals surface area (Å²) in [5.74, 6) is 2.14. The van der Waals surface area contributed by atoms with Crippen molar-refractivity contribution in [1.82, 2.24) is 0 Å². The summed E-state index contributed by atoms with van der Waals surface area (Å²) in [6.07, 6.45) is 4.34. The van der Waals surface area contributed by atoms with Gasteiger partial charge in [0, 0.05) is 25.2 Å². The zero-order valence-electron chi connectivity index (χ0n) is 31.7. The Bertz CT molecular complexity index is 1520. The minimum atomic E-state index is -0.355. The smallest absolute Gasteiger partial charge is 0.122 e. The normalized spacial score (nSPS) is 12.0. The van der Waals surface area contributed by atoms with Crippen LogP contribution in [-0.4, -0.2) is 23.5 Å². The molecule has 0 unspecified atom stereocenters. The molecule has 0 fully saturated rings. The van der Waals surface area contributed by atoms with Crippen molar-refractivity contribution in [2.45, 2.75) is 99.3 Å². The zero-order valence-corrected chi connectivity index (χ0v) is 35.6. The van der Waals surface area contributed by atoms with E-state index in [1.807, 2.05) is 18.2 Å². The van der Waals surface area contributed by atoms with Gasteiger partial charge in [0.15, 0.2) is 0 Å². The predicted octanol–water partition coefficient (Wildman–Crippen LogP) is 12.5.